The number of benzene rings is 1. The first-order valence-corrected chi connectivity index (χ1v) is 6.92. The number of aryl methyl sites for hydroxylation is 1. The third-order valence-corrected chi connectivity index (χ3v) is 3.45. The molecule has 94 valence electrons. The van der Waals surface area contributed by atoms with Crippen molar-refractivity contribution in [2.24, 2.45) is 5.92 Å². The van der Waals surface area contributed by atoms with E-state index in [0.717, 1.165) is 5.92 Å². The van der Waals surface area contributed by atoms with Crippen LogP contribution in [-0.4, -0.2) is 0 Å². The Bertz CT molecular complexity index is 343. The minimum atomic E-state index is 0.747. The fraction of sp³-hybridized carbons (Fsp3) is 0.529. The predicted molar refractivity (Wildman–Crippen MR) is 78.1 cm³/mol. The van der Waals surface area contributed by atoms with Gasteiger partial charge in [0.15, 0.2) is 0 Å². The van der Waals surface area contributed by atoms with Crippen LogP contribution in [0.3, 0.4) is 0 Å². The molecule has 0 heteroatoms. The van der Waals surface area contributed by atoms with Crippen molar-refractivity contribution in [3.63, 3.8) is 0 Å². The molecule has 1 atom stereocenters. The third-order valence-electron chi connectivity index (χ3n) is 3.45. The molecule has 0 heterocycles. The molecule has 1 unspecified atom stereocenters. The highest BCUT2D eigenvalue weighted by molar-refractivity contribution is 5.64. The molecule has 0 nitrogen and oxygen atoms in total. The molecule has 0 fully saturated rings. The number of rotatable bonds is 6. The van der Waals surface area contributed by atoms with Gasteiger partial charge >= 0.3 is 0 Å². The summed E-state index contributed by atoms with van der Waals surface area (Å²) in [5, 5.41) is 0. The summed E-state index contributed by atoms with van der Waals surface area (Å²) in [7, 11) is 0. The molecule has 0 aromatic heterocycles. The highest BCUT2D eigenvalue weighted by Gasteiger charge is 2.03. The van der Waals surface area contributed by atoms with E-state index in [4.69, 9.17) is 0 Å². The molecule has 0 bridgehead atoms. The number of hydrogen-bond acceptors (Lipinski definition) is 0. The lowest BCUT2D eigenvalue weighted by Gasteiger charge is -2.11. The predicted octanol–water partition coefficient (Wildman–Crippen LogP) is 5.61. The maximum Gasteiger partial charge on any atom is -0.0230 e. The highest BCUT2D eigenvalue weighted by Crippen LogP contribution is 2.21. The number of hydrogen-bond donors (Lipinski definition) is 0. The molecular formula is C17H26. The summed E-state index contributed by atoms with van der Waals surface area (Å²) < 4.78 is 0. The van der Waals surface area contributed by atoms with Gasteiger partial charge in [0.05, 0.1) is 0 Å². The Morgan fingerprint density at radius 1 is 1.18 bits per heavy atom. The largest absolute Gasteiger partial charge is 0.0779 e. The average Bonchev–Trinajstić information content (AvgIpc) is 2.35. The molecule has 0 aliphatic carbocycles. The minimum absolute atomic E-state index is 0.747. The zero-order valence-corrected chi connectivity index (χ0v) is 11.8. The second kappa shape index (κ2) is 7.32. The molecule has 0 amide bonds. The second-order valence-corrected chi connectivity index (χ2v) is 5.03. The van der Waals surface area contributed by atoms with Gasteiger partial charge in [0.25, 0.3) is 0 Å². The normalized spacial score (nSPS) is 13.8. The lowest BCUT2D eigenvalue weighted by atomic mass is 9.94. The van der Waals surface area contributed by atoms with E-state index in [-0.39, 0.29) is 0 Å². The van der Waals surface area contributed by atoms with Gasteiger partial charge in [0, 0.05) is 0 Å². The van der Waals surface area contributed by atoms with Gasteiger partial charge in [-0.3, -0.25) is 0 Å². The van der Waals surface area contributed by atoms with E-state index in [9.17, 15) is 0 Å². The minimum Gasteiger partial charge on any atom is -0.0779 e. The first-order valence-electron chi connectivity index (χ1n) is 6.92. The highest BCUT2D eigenvalue weighted by atomic mass is 14.1. The van der Waals surface area contributed by atoms with Crippen LogP contribution in [-0.2, 0) is 0 Å². The Hall–Kier alpha value is -1.04. The zero-order valence-electron chi connectivity index (χ0n) is 11.8. The van der Waals surface area contributed by atoms with Crippen molar-refractivity contribution < 1.29 is 0 Å². The van der Waals surface area contributed by atoms with Crippen molar-refractivity contribution in [1.29, 1.82) is 0 Å². The Labute approximate surface area is 107 Å². The second-order valence-electron chi connectivity index (χ2n) is 5.03. The molecule has 0 aliphatic rings. The van der Waals surface area contributed by atoms with Crippen molar-refractivity contribution in [3.05, 3.63) is 41.5 Å². The Morgan fingerprint density at radius 3 is 2.35 bits per heavy atom. The van der Waals surface area contributed by atoms with Gasteiger partial charge in [0.2, 0.25) is 0 Å². The summed E-state index contributed by atoms with van der Waals surface area (Å²) in [6, 6.07) is 8.85. The van der Waals surface area contributed by atoms with E-state index in [2.05, 4.69) is 58.0 Å². The Balaban J connectivity index is 2.72. The van der Waals surface area contributed by atoms with Crippen LogP contribution in [0.4, 0.5) is 0 Å². The van der Waals surface area contributed by atoms with Crippen LogP contribution < -0.4 is 0 Å². The summed E-state index contributed by atoms with van der Waals surface area (Å²) in [4.78, 5) is 0. The first kappa shape index (κ1) is 14.0. The standard InChI is InChI=1S/C17H26/c1-5-7-8-16(6-2)13-15(4)17-11-9-14(3)10-12-17/h9-13,16H,5-8H2,1-4H3/b15-13+. The van der Waals surface area contributed by atoms with Gasteiger partial charge < -0.3 is 0 Å². The molecule has 0 radical (unpaired) electrons. The molecule has 1 rings (SSSR count). The lowest BCUT2D eigenvalue weighted by Crippen LogP contribution is -1.95. The van der Waals surface area contributed by atoms with Crippen molar-refractivity contribution >= 4 is 5.57 Å². The van der Waals surface area contributed by atoms with Crippen molar-refractivity contribution in [2.45, 2.75) is 53.4 Å². The Morgan fingerprint density at radius 2 is 1.82 bits per heavy atom. The molecule has 0 spiro atoms. The third kappa shape index (κ3) is 4.77. The first-order chi connectivity index (χ1) is 8.17. The molecular weight excluding hydrogens is 204 g/mol. The van der Waals surface area contributed by atoms with E-state index < -0.39 is 0 Å². The van der Waals surface area contributed by atoms with Crippen LogP contribution in [0.1, 0.15) is 57.6 Å². The summed E-state index contributed by atoms with van der Waals surface area (Å²) in [5.74, 6) is 0.747. The maximum atomic E-state index is 2.46. The van der Waals surface area contributed by atoms with Gasteiger partial charge in [-0.2, -0.15) is 0 Å². The number of allylic oxidation sites excluding steroid dienone is 2. The molecule has 1 aromatic rings. The van der Waals surface area contributed by atoms with Crippen LogP contribution in [0, 0.1) is 12.8 Å². The van der Waals surface area contributed by atoms with Gasteiger partial charge in [-0.1, -0.05) is 62.6 Å². The molecule has 0 aliphatic heterocycles. The molecule has 1 aromatic carbocycles. The summed E-state index contributed by atoms with van der Waals surface area (Å²) in [5.41, 5.74) is 4.12. The van der Waals surface area contributed by atoms with Gasteiger partial charge in [-0.15, -0.1) is 0 Å². The monoisotopic (exact) mass is 230 g/mol. The molecule has 0 saturated heterocycles. The zero-order chi connectivity index (χ0) is 12.7. The van der Waals surface area contributed by atoms with Crippen LogP contribution in [0.5, 0.6) is 0 Å². The van der Waals surface area contributed by atoms with E-state index in [1.54, 1.807) is 0 Å². The van der Waals surface area contributed by atoms with E-state index in [0.29, 0.717) is 0 Å². The van der Waals surface area contributed by atoms with Crippen LogP contribution in [0.25, 0.3) is 5.57 Å². The lowest BCUT2D eigenvalue weighted by molar-refractivity contribution is 0.541. The van der Waals surface area contributed by atoms with Crippen LogP contribution in [0.15, 0.2) is 30.3 Å². The quantitative estimate of drug-likeness (QED) is 0.595. The SMILES string of the molecule is CCCCC(/C=C(\C)c1ccc(C)cc1)CC. The van der Waals surface area contributed by atoms with Crippen molar-refractivity contribution in [1.82, 2.24) is 0 Å². The topological polar surface area (TPSA) is 0 Å². The Kier molecular flexibility index (Phi) is 6.04. The van der Waals surface area contributed by atoms with Crippen molar-refractivity contribution in [2.75, 3.05) is 0 Å². The van der Waals surface area contributed by atoms with Crippen LogP contribution in [0.2, 0.25) is 0 Å². The maximum absolute atomic E-state index is 2.46. The van der Waals surface area contributed by atoms with E-state index in [1.165, 1.54) is 42.4 Å². The van der Waals surface area contributed by atoms with E-state index >= 15 is 0 Å². The summed E-state index contributed by atoms with van der Waals surface area (Å²) >= 11 is 0. The molecule has 0 saturated carbocycles. The number of unbranched alkanes of at least 4 members (excludes halogenated alkanes) is 1. The smallest absolute Gasteiger partial charge is 0.0230 e. The van der Waals surface area contributed by atoms with E-state index in [1.807, 2.05) is 0 Å². The van der Waals surface area contributed by atoms with Gasteiger partial charge in [0.1, 0.15) is 0 Å². The van der Waals surface area contributed by atoms with Gasteiger partial charge in [-0.25, -0.2) is 0 Å². The summed E-state index contributed by atoms with van der Waals surface area (Å²) in [6.45, 7) is 8.93. The fourth-order valence-corrected chi connectivity index (χ4v) is 2.14. The molecule has 17 heavy (non-hydrogen) atoms. The van der Waals surface area contributed by atoms with Crippen molar-refractivity contribution in [3.8, 4) is 0 Å². The average molecular weight is 230 g/mol. The van der Waals surface area contributed by atoms with Crippen LogP contribution >= 0.6 is 0 Å². The summed E-state index contributed by atoms with van der Waals surface area (Å²) in [6.07, 6.45) is 7.68. The van der Waals surface area contributed by atoms with Gasteiger partial charge in [-0.05, 0) is 43.7 Å². The fourth-order valence-electron chi connectivity index (χ4n) is 2.14. The molecule has 0 N–H and O–H groups in total.